The van der Waals surface area contributed by atoms with Gasteiger partial charge < -0.3 is 20.3 Å². The summed E-state index contributed by atoms with van der Waals surface area (Å²) in [4.78, 5) is 25.7. The standard InChI is InChI=1S/C42H81NO5/c1-4-7-10-13-16-18-20-21-23-26-29-32-35-42(47)48-38(33-30-27-24-15-12-9-6-3)36-41(46)43-39(37-44)40(45)34-31-28-25-22-19-17-14-11-8-5-2/h16,18,38-40,44-45H,4-15,17,19-37H2,1-3H3,(H,43,46)/b18-16-. The molecule has 0 radical (unpaired) electrons. The molecule has 0 rings (SSSR count). The first-order chi connectivity index (χ1) is 23.5. The van der Waals surface area contributed by atoms with Gasteiger partial charge in [-0.25, -0.2) is 0 Å². The van der Waals surface area contributed by atoms with Crippen LogP contribution in [0.15, 0.2) is 12.2 Å². The van der Waals surface area contributed by atoms with Crippen LogP contribution < -0.4 is 5.32 Å². The number of unbranched alkanes of at least 4 members (excludes halogenated alkanes) is 23. The number of aliphatic hydroxyl groups is 2. The van der Waals surface area contributed by atoms with Crippen LogP contribution in [0.5, 0.6) is 0 Å². The van der Waals surface area contributed by atoms with Crippen LogP contribution in [-0.2, 0) is 14.3 Å². The van der Waals surface area contributed by atoms with E-state index in [4.69, 9.17) is 4.74 Å². The second-order valence-electron chi connectivity index (χ2n) is 14.4. The number of amides is 1. The van der Waals surface area contributed by atoms with Gasteiger partial charge >= 0.3 is 5.97 Å². The SMILES string of the molecule is CCCCC/C=C\CCCCCCCC(=O)OC(CCCCCCCCC)CC(=O)NC(CO)C(O)CCCCCCCCCCCC. The van der Waals surface area contributed by atoms with E-state index in [1.165, 1.54) is 122 Å². The van der Waals surface area contributed by atoms with Crippen molar-refractivity contribution in [1.29, 1.82) is 0 Å². The molecule has 0 aliphatic heterocycles. The fourth-order valence-corrected chi connectivity index (χ4v) is 6.36. The maximum Gasteiger partial charge on any atom is 0.306 e. The van der Waals surface area contributed by atoms with E-state index in [0.717, 1.165) is 51.4 Å². The highest BCUT2D eigenvalue weighted by Crippen LogP contribution is 2.17. The molecular weight excluding hydrogens is 598 g/mol. The van der Waals surface area contributed by atoms with E-state index >= 15 is 0 Å². The molecule has 0 fully saturated rings. The third-order valence-electron chi connectivity index (χ3n) is 9.59. The number of carbonyl (C=O) groups is 2. The topological polar surface area (TPSA) is 95.9 Å². The summed E-state index contributed by atoms with van der Waals surface area (Å²) in [6.45, 7) is 6.40. The van der Waals surface area contributed by atoms with Gasteiger partial charge in [0.15, 0.2) is 0 Å². The van der Waals surface area contributed by atoms with Crippen molar-refractivity contribution in [3.63, 3.8) is 0 Å². The Balaban J connectivity index is 4.49. The zero-order valence-corrected chi connectivity index (χ0v) is 32.1. The van der Waals surface area contributed by atoms with Gasteiger partial charge in [0.05, 0.1) is 25.2 Å². The van der Waals surface area contributed by atoms with Gasteiger partial charge in [0, 0.05) is 6.42 Å². The molecule has 0 aromatic carbocycles. The van der Waals surface area contributed by atoms with E-state index in [2.05, 4.69) is 38.2 Å². The molecule has 0 aliphatic rings. The fourth-order valence-electron chi connectivity index (χ4n) is 6.36. The molecule has 3 N–H and O–H groups in total. The van der Waals surface area contributed by atoms with Crippen LogP contribution in [0.1, 0.15) is 220 Å². The van der Waals surface area contributed by atoms with Crippen molar-refractivity contribution in [1.82, 2.24) is 5.32 Å². The summed E-state index contributed by atoms with van der Waals surface area (Å²) in [7, 11) is 0. The van der Waals surface area contributed by atoms with E-state index in [0.29, 0.717) is 19.3 Å². The Hall–Kier alpha value is -1.40. The normalized spacial score (nSPS) is 13.5. The summed E-state index contributed by atoms with van der Waals surface area (Å²) in [5.74, 6) is -0.484. The number of esters is 1. The molecule has 48 heavy (non-hydrogen) atoms. The minimum Gasteiger partial charge on any atom is -0.462 e. The largest absolute Gasteiger partial charge is 0.462 e. The highest BCUT2D eigenvalue weighted by atomic mass is 16.5. The van der Waals surface area contributed by atoms with Gasteiger partial charge in [-0.05, 0) is 51.4 Å². The number of hydrogen-bond acceptors (Lipinski definition) is 5. The summed E-state index contributed by atoms with van der Waals surface area (Å²) in [6, 6.07) is -0.692. The van der Waals surface area contributed by atoms with Gasteiger partial charge in [-0.2, -0.15) is 0 Å². The minimum atomic E-state index is -0.779. The van der Waals surface area contributed by atoms with Crippen molar-refractivity contribution in [2.75, 3.05) is 6.61 Å². The first-order valence-corrected chi connectivity index (χ1v) is 20.9. The average Bonchev–Trinajstić information content (AvgIpc) is 3.07. The Kier molecular flexibility index (Phi) is 35.8. The lowest BCUT2D eigenvalue weighted by atomic mass is 10.0. The molecule has 0 heterocycles. The number of allylic oxidation sites excluding steroid dienone is 2. The number of ether oxygens (including phenoxy) is 1. The van der Waals surface area contributed by atoms with Crippen LogP contribution in [0.2, 0.25) is 0 Å². The molecule has 3 unspecified atom stereocenters. The number of nitrogens with one attached hydrogen (secondary N) is 1. The number of aliphatic hydroxyl groups excluding tert-OH is 2. The lowest BCUT2D eigenvalue weighted by molar-refractivity contribution is -0.151. The van der Waals surface area contributed by atoms with E-state index in [9.17, 15) is 19.8 Å². The summed E-state index contributed by atoms with van der Waals surface area (Å²) in [5.41, 5.74) is 0. The maximum atomic E-state index is 13.0. The number of hydrogen-bond donors (Lipinski definition) is 3. The lowest BCUT2D eigenvalue weighted by Crippen LogP contribution is -2.46. The second kappa shape index (κ2) is 36.9. The Morgan fingerprint density at radius 3 is 1.52 bits per heavy atom. The van der Waals surface area contributed by atoms with E-state index in [1.54, 1.807) is 0 Å². The zero-order valence-electron chi connectivity index (χ0n) is 32.1. The summed E-state index contributed by atoms with van der Waals surface area (Å²) in [5, 5.41) is 23.5. The van der Waals surface area contributed by atoms with Crippen LogP contribution >= 0.6 is 0 Å². The quantitative estimate of drug-likeness (QED) is 0.0345. The van der Waals surface area contributed by atoms with Gasteiger partial charge in [0.1, 0.15) is 6.10 Å². The van der Waals surface area contributed by atoms with Crippen molar-refractivity contribution in [3.05, 3.63) is 12.2 Å². The lowest BCUT2D eigenvalue weighted by Gasteiger charge is -2.24. The van der Waals surface area contributed by atoms with Crippen molar-refractivity contribution in [2.24, 2.45) is 0 Å². The molecule has 0 aromatic heterocycles. The zero-order chi connectivity index (χ0) is 35.3. The highest BCUT2D eigenvalue weighted by Gasteiger charge is 2.24. The van der Waals surface area contributed by atoms with Crippen LogP contribution in [0, 0.1) is 0 Å². The summed E-state index contributed by atoms with van der Waals surface area (Å²) >= 11 is 0. The van der Waals surface area contributed by atoms with Gasteiger partial charge in [0.25, 0.3) is 0 Å². The summed E-state index contributed by atoms with van der Waals surface area (Å²) in [6.07, 6.45) is 37.1. The van der Waals surface area contributed by atoms with Gasteiger partial charge in [-0.1, -0.05) is 168 Å². The van der Waals surface area contributed by atoms with Crippen molar-refractivity contribution in [3.8, 4) is 0 Å². The molecule has 0 aliphatic carbocycles. The van der Waals surface area contributed by atoms with Crippen LogP contribution in [0.3, 0.4) is 0 Å². The fraction of sp³-hybridized carbons (Fsp3) is 0.905. The average molecular weight is 680 g/mol. The molecule has 0 aromatic rings. The number of rotatable bonds is 37. The third kappa shape index (κ3) is 31.8. The van der Waals surface area contributed by atoms with Crippen LogP contribution in [0.25, 0.3) is 0 Å². The first kappa shape index (κ1) is 46.6. The van der Waals surface area contributed by atoms with Gasteiger partial charge in [0.2, 0.25) is 5.91 Å². The van der Waals surface area contributed by atoms with Crippen LogP contribution in [0.4, 0.5) is 0 Å². The highest BCUT2D eigenvalue weighted by molar-refractivity contribution is 5.77. The Labute approximate surface area is 298 Å². The maximum absolute atomic E-state index is 13.0. The monoisotopic (exact) mass is 680 g/mol. The second-order valence-corrected chi connectivity index (χ2v) is 14.4. The van der Waals surface area contributed by atoms with Crippen LogP contribution in [-0.4, -0.2) is 46.9 Å². The van der Waals surface area contributed by atoms with E-state index in [1.807, 2.05) is 0 Å². The predicted octanol–water partition coefficient (Wildman–Crippen LogP) is 11.4. The molecule has 1 amide bonds. The molecule has 6 heteroatoms. The molecule has 0 saturated carbocycles. The molecule has 6 nitrogen and oxygen atoms in total. The molecule has 0 bridgehead atoms. The Morgan fingerprint density at radius 2 is 1.00 bits per heavy atom. The molecule has 0 spiro atoms. The molecule has 3 atom stereocenters. The van der Waals surface area contributed by atoms with E-state index < -0.39 is 18.2 Å². The molecule has 284 valence electrons. The smallest absolute Gasteiger partial charge is 0.306 e. The Morgan fingerprint density at radius 1 is 0.583 bits per heavy atom. The molecular formula is C42H81NO5. The predicted molar refractivity (Wildman–Crippen MR) is 204 cm³/mol. The summed E-state index contributed by atoms with van der Waals surface area (Å²) < 4.78 is 5.85. The minimum absolute atomic E-state index is 0.0784. The van der Waals surface area contributed by atoms with Crippen molar-refractivity contribution < 1.29 is 24.5 Å². The molecule has 0 saturated heterocycles. The first-order valence-electron chi connectivity index (χ1n) is 20.9. The van der Waals surface area contributed by atoms with E-state index in [-0.39, 0.29) is 24.9 Å². The van der Waals surface area contributed by atoms with Crippen molar-refractivity contribution in [2.45, 2.75) is 238 Å². The van der Waals surface area contributed by atoms with Gasteiger partial charge in [-0.15, -0.1) is 0 Å². The Bertz CT molecular complexity index is 727. The van der Waals surface area contributed by atoms with Gasteiger partial charge in [-0.3, -0.25) is 9.59 Å². The third-order valence-corrected chi connectivity index (χ3v) is 9.59. The van der Waals surface area contributed by atoms with Crippen molar-refractivity contribution >= 4 is 11.9 Å². The number of carbonyl (C=O) groups excluding carboxylic acids is 2.